The second kappa shape index (κ2) is 8.34. The van der Waals surface area contributed by atoms with Crippen LogP contribution in [0.1, 0.15) is 25.2 Å². The second-order valence-electron chi connectivity index (χ2n) is 4.62. The molecule has 0 radical (unpaired) electrons. The SMILES string of the molecule is Cc1nc(Br)ccc1O.Cc1nc(Br)ccc1OC(C)C. The Kier molecular flexibility index (Phi) is 7.11. The molecule has 2 heterocycles. The summed E-state index contributed by atoms with van der Waals surface area (Å²) in [6.07, 6.45) is 0.201. The molecule has 0 aromatic carbocycles. The molecule has 0 fully saturated rings. The van der Waals surface area contributed by atoms with Crippen molar-refractivity contribution in [1.29, 1.82) is 0 Å². The summed E-state index contributed by atoms with van der Waals surface area (Å²) < 4.78 is 7.11. The highest BCUT2D eigenvalue weighted by Gasteiger charge is 2.02. The molecule has 0 aliphatic carbocycles. The average molecular weight is 418 g/mol. The van der Waals surface area contributed by atoms with Gasteiger partial charge in [-0.25, -0.2) is 9.97 Å². The zero-order valence-corrected chi connectivity index (χ0v) is 15.6. The first-order valence-corrected chi connectivity index (χ1v) is 8.00. The molecule has 0 saturated heterocycles. The number of halogens is 2. The van der Waals surface area contributed by atoms with Crippen molar-refractivity contribution in [2.75, 3.05) is 0 Å². The minimum Gasteiger partial charge on any atom is -0.506 e. The van der Waals surface area contributed by atoms with E-state index in [1.54, 1.807) is 19.1 Å². The van der Waals surface area contributed by atoms with E-state index < -0.39 is 0 Å². The number of aromatic hydroxyl groups is 1. The molecule has 2 aromatic heterocycles. The van der Waals surface area contributed by atoms with Gasteiger partial charge in [-0.1, -0.05) is 0 Å². The molecule has 114 valence electrons. The number of aryl methyl sites for hydroxylation is 2. The van der Waals surface area contributed by atoms with Gasteiger partial charge in [0.1, 0.15) is 20.7 Å². The van der Waals surface area contributed by atoms with Gasteiger partial charge in [-0.3, -0.25) is 0 Å². The lowest BCUT2D eigenvalue weighted by Gasteiger charge is -2.11. The van der Waals surface area contributed by atoms with E-state index >= 15 is 0 Å². The standard InChI is InChI=1S/C9H12BrNO.C6H6BrNO/c1-6(2)12-8-4-5-9(10)11-7(8)3;1-4-5(9)2-3-6(7)8-4/h4-6H,1-3H3;2-3,9H,1H3. The third-order valence-corrected chi connectivity index (χ3v) is 3.27. The van der Waals surface area contributed by atoms with Crippen LogP contribution in [0.4, 0.5) is 0 Å². The minimum atomic E-state index is 0.201. The van der Waals surface area contributed by atoms with E-state index in [-0.39, 0.29) is 11.9 Å². The van der Waals surface area contributed by atoms with Gasteiger partial charge in [0, 0.05) is 0 Å². The van der Waals surface area contributed by atoms with E-state index in [4.69, 9.17) is 9.84 Å². The van der Waals surface area contributed by atoms with Crippen LogP contribution in [-0.2, 0) is 0 Å². The quantitative estimate of drug-likeness (QED) is 0.713. The summed E-state index contributed by atoms with van der Waals surface area (Å²) in [5, 5.41) is 8.96. The number of rotatable bonds is 2. The lowest BCUT2D eigenvalue weighted by molar-refractivity contribution is 0.239. The molecule has 0 bridgehead atoms. The van der Waals surface area contributed by atoms with Crippen LogP contribution in [0.15, 0.2) is 33.5 Å². The van der Waals surface area contributed by atoms with Crippen molar-refractivity contribution < 1.29 is 9.84 Å². The fourth-order valence-corrected chi connectivity index (χ4v) is 2.22. The normalized spacial score (nSPS) is 10.0. The largest absolute Gasteiger partial charge is 0.506 e. The van der Waals surface area contributed by atoms with E-state index in [9.17, 15) is 0 Å². The summed E-state index contributed by atoms with van der Waals surface area (Å²) in [5.74, 6) is 1.09. The van der Waals surface area contributed by atoms with Gasteiger partial charge in [-0.15, -0.1) is 0 Å². The molecule has 1 N–H and O–H groups in total. The summed E-state index contributed by atoms with van der Waals surface area (Å²) in [6.45, 7) is 7.69. The smallest absolute Gasteiger partial charge is 0.140 e. The highest BCUT2D eigenvalue weighted by molar-refractivity contribution is 9.10. The number of hydrogen-bond acceptors (Lipinski definition) is 4. The van der Waals surface area contributed by atoms with Gasteiger partial charge in [0.05, 0.1) is 17.5 Å². The Morgan fingerprint density at radius 1 is 0.952 bits per heavy atom. The molecule has 6 heteroatoms. The van der Waals surface area contributed by atoms with Crippen LogP contribution in [0.5, 0.6) is 11.5 Å². The van der Waals surface area contributed by atoms with Crippen LogP contribution in [0.3, 0.4) is 0 Å². The Morgan fingerprint density at radius 3 is 1.90 bits per heavy atom. The Balaban J connectivity index is 0.000000219. The van der Waals surface area contributed by atoms with Gasteiger partial charge in [-0.2, -0.15) is 0 Å². The Hall–Kier alpha value is -1.14. The van der Waals surface area contributed by atoms with Crippen LogP contribution >= 0.6 is 31.9 Å². The van der Waals surface area contributed by atoms with Gasteiger partial charge in [0.2, 0.25) is 0 Å². The van der Waals surface area contributed by atoms with Gasteiger partial charge in [0.25, 0.3) is 0 Å². The van der Waals surface area contributed by atoms with Crippen molar-refractivity contribution in [1.82, 2.24) is 9.97 Å². The first-order valence-electron chi connectivity index (χ1n) is 6.41. The topological polar surface area (TPSA) is 55.2 Å². The molecule has 0 aliphatic rings. The molecule has 4 nitrogen and oxygen atoms in total. The lowest BCUT2D eigenvalue weighted by Crippen LogP contribution is -2.07. The van der Waals surface area contributed by atoms with E-state index in [1.165, 1.54) is 0 Å². The number of hydrogen-bond donors (Lipinski definition) is 1. The molecular formula is C15H18Br2N2O2. The highest BCUT2D eigenvalue weighted by atomic mass is 79.9. The van der Waals surface area contributed by atoms with Crippen molar-refractivity contribution in [3.05, 3.63) is 44.9 Å². The van der Waals surface area contributed by atoms with E-state index in [1.807, 2.05) is 32.9 Å². The van der Waals surface area contributed by atoms with Crippen LogP contribution in [0, 0.1) is 13.8 Å². The molecule has 2 aromatic rings. The zero-order chi connectivity index (χ0) is 16.0. The summed E-state index contributed by atoms with van der Waals surface area (Å²) in [4.78, 5) is 8.16. The zero-order valence-electron chi connectivity index (χ0n) is 12.4. The maximum absolute atomic E-state index is 8.96. The fourth-order valence-electron chi connectivity index (χ4n) is 1.42. The van der Waals surface area contributed by atoms with E-state index in [2.05, 4.69) is 41.8 Å². The van der Waals surface area contributed by atoms with Crippen LogP contribution in [0.25, 0.3) is 0 Å². The van der Waals surface area contributed by atoms with Crippen LogP contribution in [0.2, 0.25) is 0 Å². The predicted molar refractivity (Wildman–Crippen MR) is 90.8 cm³/mol. The molecule has 0 spiro atoms. The molecule has 0 aliphatic heterocycles. The van der Waals surface area contributed by atoms with E-state index in [0.717, 1.165) is 20.6 Å². The van der Waals surface area contributed by atoms with Crippen molar-refractivity contribution >= 4 is 31.9 Å². The Bertz CT molecular complexity index is 604. The van der Waals surface area contributed by atoms with Gasteiger partial charge >= 0.3 is 0 Å². The van der Waals surface area contributed by atoms with Crippen molar-refractivity contribution in [2.24, 2.45) is 0 Å². The van der Waals surface area contributed by atoms with Gasteiger partial charge < -0.3 is 9.84 Å². The molecular weight excluding hydrogens is 400 g/mol. The number of ether oxygens (including phenoxy) is 1. The van der Waals surface area contributed by atoms with Crippen molar-refractivity contribution in [3.8, 4) is 11.5 Å². The van der Waals surface area contributed by atoms with Crippen LogP contribution in [-0.4, -0.2) is 21.2 Å². The van der Waals surface area contributed by atoms with Crippen molar-refractivity contribution in [3.63, 3.8) is 0 Å². The maximum atomic E-state index is 8.96. The molecule has 0 saturated carbocycles. The third kappa shape index (κ3) is 6.44. The summed E-state index contributed by atoms with van der Waals surface area (Å²) in [6, 6.07) is 7.10. The molecule has 2 rings (SSSR count). The number of aromatic nitrogens is 2. The second-order valence-corrected chi connectivity index (χ2v) is 6.25. The first kappa shape index (κ1) is 17.9. The van der Waals surface area contributed by atoms with Crippen LogP contribution < -0.4 is 4.74 Å². The Morgan fingerprint density at radius 2 is 1.48 bits per heavy atom. The van der Waals surface area contributed by atoms with E-state index in [0.29, 0.717) is 5.69 Å². The minimum absolute atomic E-state index is 0.201. The van der Waals surface area contributed by atoms with Gasteiger partial charge in [-0.05, 0) is 83.8 Å². The maximum Gasteiger partial charge on any atom is 0.140 e. The molecule has 0 unspecified atom stereocenters. The monoisotopic (exact) mass is 416 g/mol. The fraction of sp³-hybridized carbons (Fsp3) is 0.333. The average Bonchev–Trinajstić information content (AvgIpc) is 2.38. The highest BCUT2D eigenvalue weighted by Crippen LogP contribution is 2.19. The first-order chi connectivity index (χ1) is 9.79. The molecule has 0 atom stereocenters. The number of pyridine rings is 2. The number of nitrogens with zero attached hydrogens (tertiary/aromatic N) is 2. The molecule has 21 heavy (non-hydrogen) atoms. The summed E-state index contributed by atoms with van der Waals surface area (Å²) in [7, 11) is 0. The summed E-state index contributed by atoms with van der Waals surface area (Å²) >= 11 is 6.47. The summed E-state index contributed by atoms with van der Waals surface area (Å²) in [5.41, 5.74) is 1.56. The third-order valence-electron chi connectivity index (χ3n) is 2.39. The Labute approximate surface area is 141 Å². The predicted octanol–water partition coefficient (Wildman–Crippen LogP) is 4.80. The lowest BCUT2D eigenvalue weighted by atomic mass is 10.3. The van der Waals surface area contributed by atoms with Gasteiger partial charge in [0.15, 0.2) is 0 Å². The molecule has 0 amide bonds. The van der Waals surface area contributed by atoms with Crippen molar-refractivity contribution in [2.45, 2.75) is 33.8 Å².